The molecular formula is C6H10O3. The summed E-state index contributed by atoms with van der Waals surface area (Å²) in [7, 11) is 0. The van der Waals surface area contributed by atoms with Crippen LogP contribution in [0.2, 0.25) is 0 Å². The zero-order chi connectivity index (χ0) is 6.27. The van der Waals surface area contributed by atoms with Gasteiger partial charge >= 0.3 is 0 Å². The molecule has 0 radical (unpaired) electrons. The Hall–Kier alpha value is -0.120. The fourth-order valence-corrected chi connectivity index (χ4v) is 1.45. The average Bonchev–Trinajstić information content (AvgIpc) is 2.35. The predicted molar refractivity (Wildman–Crippen MR) is 30.1 cm³/mol. The molecule has 2 fully saturated rings. The molecule has 1 unspecified atom stereocenters. The molecule has 3 nitrogen and oxygen atoms in total. The van der Waals surface area contributed by atoms with Crippen molar-refractivity contribution in [3.05, 3.63) is 0 Å². The number of rotatable bonds is 0. The molecule has 52 valence electrons. The Bertz CT molecular complexity index is 115. The predicted octanol–water partition coefficient (Wildman–Crippen LogP) is -0.465. The van der Waals surface area contributed by atoms with Gasteiger partial charge in [0.05, 0.1) is 12.7 Å². The SMILES string of the molecule is O[C@H]1CO[C@H]2CCOC21. The smallest absolute Gasteiger partial charge is 0.112 e. The quantitative estimate of drug-likeness (QED) is 0.482. The zero-order valence-corrected chi connectivity index (χ0v) is 5.12. The molecule has 2 saturated heterocycles. The van der Waals surface area contributed by atoms with E-state index in [-0.39, 0.29) is 18.3 Å². The van der Waals surface area contributed by atoms with E-state index >= 15 is 0 Å². The van der Waals surface area contributed by atoms with E-state index in [0.29, 0.717) is 6.61 Å². The summed E-state index contributed by atoms with van der Waals surface area (Å²) in [6, 6.07) is 0. The summed E-state index contributed by atoms with van der Waals surface area (Å²) in [4.78, 5) is 0. The van der Waals surface area contributed by atoms with Gasteiger partial charge in [0.1, 0.15) is 12.2 Å². The Kier molecular flexibility index (Phi) is 1.22. The highest BCUT2D eigenvalue weighted by Crippen LogP contribution is 2.25. The maximum absolute atomic E-state index is 9.15. The molecule has 0 aromatic heterocycles. The second kappa shape index (κ2) is 1.94. The third-order valence-electron chi connectivity index (χ3n) is 1.94. The second-order valence-corrected chi connectivity index (χ2v) is 2.56. The van der Waals surface area contributed by atoms with Crippen LogP contribution in [0.1, 0.15) is 6.42 Å². The molecule has 2 aliphatic heterocycles. The zero-order valence-electron chi connectivity index (χ0n) is 5.12. The van der Waals surface area contributed by atoms with Gasteiger partial charge in [0.15, 0.2) is 0 Å². The molecule has 3 atom stereocenters. The summed E-state index contributed by atoms with van der Waals surface area (Å²) in [5, 5.41) is 9.15. The molecule has 2 aliphatic rings. The fourth-order valence-electron chi connectivity index (χ4n) is 1.45. The molecule has 0 spiro atoms. The van der Waals surface area contributed by atoms with Crippen LogP contribution in [0.25, 0.3) is 0 Å². The van der Waals surface area contributed by atoms with Gasteiger partial charge in [-0.3, -0.25) is 0 Å². The maximum Gasteiger partial charge on any atom is 0.112 e. The Morgan fingerprint density at radius 1 is 1.33 bits per heavy atom. The first kappa shape index (κ1) is 5.65. The lowest BCUT2D eigenvalue weighted by atomic mass is 10.1. The summed E-state index contributed by atoms with van der Waals surface area (Å²) < 4.78 is 10.4. The number of hydrogen-bond donors (Lipinski definition) is 1. The molecule has 0 saturated carbocycles. The van der Waals surface area contributed by atoms with E-state index < -0.39 is 0 Å². The Balaban J connectivity index is 2.07. The Labute approximate surface area is 53.6 Å². The number of aliphatic hydroxyl groups excluding tert-OH is 1. The molecule has 0 aromatic carbocycles. The van der Waals surface area contributed by atoms with E-state index in [1.54, 1.807) is 0 Å². The van der Waals surface area contributed by atoms with Crippen LogP contribution < -0.4 is 0 Å². The van der Waals surface area contributed by atoms with Gasteiger partial charge in [0.2, 0.25) is 0 Å². The van der Waals surface area contributed by atoms with E-state index in [1.807, 2.05) is 0 Å². The monoisotopic (exact) mass is 130 g/mol. The minimum Gasteiger partial charge on any atom is -0.388 e. The highest BCUT2D eigenvalue weighted by Gasteiger charge is 2.40. The summed E-state index contributed by atoms with van der Waals surface area (Å²) >= 11 is 0. The van der Waals surface area contributed by atoms with Crippen molar-refractivity contribution in [1.82, 2.24) is 0 Å². The van der Waals surface area contributed by atoms with Gasteiger partial charge in [0.25, 0.3) is 0 Å². The number of fused-ring (bicyclic) bond motifs is 1. The Morgan fingerprint density at radius 3 is 3.00 bits per heavy atom. The normalized spacial score (nSPS) is 49.7. The number of hydrogen-bond acceptors (Lipinski definition) is 3. The lowest BCUT2D eigenvalue weighted by Gasteiger charge is -2.08. The summed E-state index contributed by atoms with van der Waals surface area (Å²) in [6.45, 7) is 1.20. The van der Waals surface area contributed by atoms with E-state index in [1.165, 1.54) is 0 Å². The largest absolute Gasteiger partial charge is 0.388 e. The maximum atomic E-state index is 9.15. The first-order valence-electron chi connectivity index (χ1n) is 3.29. The molecule has 0 aromatic rings. The number of aliphatic hydroxyl groups is 1. The van der Waals surface area contributed by atoms with E-state index in [4.69, 9.17) is 14.6 Å². The number of ether oxygens (including phenoxy) is 2. The van der Waals surface area contributed by atoms with E-state index in [0.717, 1.165) is 13.0 Å². The van der Waals surface area contributed by atoms with Gasteiger partial charge in [-0.1, -0.05) is 0 Å². The topological polar surface area (TPSA) is 38.7 Å². The van der Waals surface area contributed by atoms with Crippen LogP contribution in [0.5, 0.6) is 0 Å². The van der Waals surface area contributed by atoms with Crippen LogP contribution in [0.15, 0.2) is 0 Å². The lowest BCUT2D eigenvalue weighted by molar-refractivity contribution is 0.0187. The molecule has 9 heavy (non-hydrogen) atoms. The fraction of sp³-hybridized carbons (Fsp3) is 1.00. The van der Waals surface area contributed by atoms with E-state index in [9.17, 15) is 0 Å². The molecule has 0 amide bonds. The molecule has 2 rings (SSSR count). The van der Waals surface area contributed by atoms with Crippen LogP contribution in [0.3, 0.4) is 0 Å². The van der Waals surface area contributed by atoms with Crippen LogP contribution >= 0.6 is 0 Å². The third kappa shape index (κ3) is 0.764. The second-order valence-electron chi connectivity index (χ2n) is 2.56. The standard InChI is InChI=1S/C6H10O3/c7-4-3-9-5-1-2-8-6(4)5/h4-7H,1-3H2/t4-,5-,6?/m0/s1. The van der Waals surface area contributed by atoms with Gasteiger partial charge in [0, 0.05) is 6.61 Å². The molecular weight excluding hydrogens is 120 g/mol. The Morgan fingerprint density at radius 2 is 2.22 bits per heavy atom. The van der Waals surface area contributed by atoms with Crippen LogP contribution in [0.4, 0.5) is 0 Å². The van der Waals surface area contributed by atoms with Gasteiger partial charge in [-0.25, -0.2) is 0 Å². The van der Waals surface area contributed by atoms with Crippen LogP contribution in [-0.4, -0.2) is 36.6 Å². The van der Waals surface area contributed by atoms with Gasteiger partial charge in [-0.05, 0) is 6.42 Å². The van der Waals surface area contributed by atoms with Crippen molar-refractivity contribution in [2.45, 2.75) is 24.7 Å². The van der Waals surface area contributed by atoms with Crippen molar-refractivity contribution in [3.8, 4) is 0 Å². The molecule has 3 heteroatoms. The molecule has 0 aliphatic carbocycles. The third-order valence-corrected chi connectivity index (χ3v) is 1.94. The summed E-state index contributed by atoms with van der Waals surface area (Å²) in [5.41, 5.74) is 0. The first-order valence-corrected chi connectivity index (χ1v) is 3.29. The molecule has 0 bridgehead atoms. The van der Waals surface area contributed by atoms with Gasteiger partial charge in [-0.15, -0.1) is 0 Å². The summed E-state index contributed by atoms with van der Waals surface area (Å²) in [5.74, 6) is 0. The van der Waals surface area contributed by atoms with Crippen molar-refractivity contribution >= 4 is 0 Å². The van der Waals surface area contributed by atoms with Gasteiger partial charge < -0.3 is 14.6 Å². The summed E-state index contributed by atoms with van der Waals surface area (Å²) in [6.07, 6.45) is 0.726. The van der Waals surface area contributed by atoms with Crippen molar-refractivity contribution in [3.63, 3.8) is 0 Å². The minimum atomic E-state index is -0.377. The van der Waals surface area contributed by atoms with Crippen molar-refractivity contribution < 1.29 is 14.6 Å². The molecule has 1 N–H and O–H groups in total. The minimum absolute atomic E-state index is 0.0231. The average molecular weight is 130 g/mol. The van der Waals surface area contributed by atoms with E-state index in [2.05, 4.69) is 0 Å². The molecule has 2 heterocycles. The van der Waals surface area contributed by atoms with Gasteiger partial charge in [-0.2, -0.15) is 0 Å². The lowest BCUT2D eigenvalue weighted by Crippen LogP contribution is -2.26. The van der Waals surface area contributed by atoms with Crippen LogP contribution in [-0.2, 0) is 9.47 Å². The van der Waals surface area contributed by atoms with Crippen molar-refractivity contribution in [2.75, 3.05) is 13.2 Å². The van der Waals surface area contributed by atoms with Crippen LogP contribution in [0, 0.1) is 0 Å². The highest BCUT2D eigenvalue weighted by molar-refractivity contribution is 4.88. The van der Waals surface area contributed by atoms with Crippen molar-refractivity contribution in [2.24, 2.45) is 0 Å². The highest BCUT2D eigenvalue weighted by atomic mass is 16.6. The first-order chi connectivity index (χ1) is 4.38. The van der Waals surface area contributed by atoms with Crippen molar-refractivity contribution in [1.29, 1.82) is 0 Å².